The average molecular weight is 390 g/mol. The van der Waals surface area contributed by atoms with Gasteiger partial charge in [-0.25, -0.2) is 0 Å². The predicted molar refractivity (Wildman–Crippen MR) is 104 cm³/mol. The minimum Gasteiger partial charge on any atom is -0.497 e. The summed E-state index contributed by atoms with van der Waals surface area (Å²) in [4.78, 5) is 24.4. The molecule has 0 unspecified atom stereocenters. The second kappa shape index (κ2) is 9.89. The lowest BCUT2D eigenvalue weighted by atomic mass is 9.84. The van der Waals surface area contributed by atoms with Crippen LogP contribution in [0.4, 0.5) is 0 Å². The molecule has 0 radical (unpaired) electrons. The Bertz CT molecular complexity index is 677. The fraction of sp³-hybridized carbons (Fsp3) is 0.619. The first kappa shape index (κ1) is 20.6. The molecular weight excluding hydrogens is 360 g/mol. The fourth-order valence-electron chi connectivity index (χ4n) is 3.68. The van der Waals surface area contributed by atoms with Crippen molar-refractivity contribution in [2.75, 3.05) is 13.7 Å². The van der Waals surface area contributed by atoms with Gasteiger partial charge in [0, 0.05) is 12.5 Å². The predicted octanol–water partition coefficient (Wildman–Crippen LogP) is 1.53. The van der Waals surface area contributed by atoms with Crippen molar-refractivity contribution in [2.45, 2.75) is 63.3 Å². The zero-order chi connectivity index (χ0) is 19.9. The summed E-state index contributed by atoms with van der Waals surface area (Å²) in [6.07, 6.45) is 3.90. The normalized spacial score (nSPS) is 24.9. The van der Waals surface area contributed by atoms with E-state index < -0.39 is 6.10 Å². The van der Waals surface area contributed by atoms with E-state index in [-0.39, 0.29) is 42.9 Å². The zero-order valence-electron chi connectivity index (χ0n) is 16.4. The number of hydrogen-bond donors (Lipinski definition) is 3. The lowest BCUT2D eigenvalue weighted by Gasteiger charge is -2.37. The van der Waals surface area contributed by atoms with Crippen LogP contribution in [0.15, 0.2) is 24.3 Å². The van der Waals surface area contributed by atoms with E-state index in [0.717, 1.165) is 30.6 Å². The van der Waals surface area contributed by atoms with E-state index >= 15 is 0 Å². The monoisotopic (exact) mass is 390 g/mol. The van der Waals surface area contributed by atoms with Gasteiger partial charge in [-0.1, -0.05) is 18.6 Å². The molecule has 7 nitrogen and oxygen atoms in total. The minimum absolute atomic E-state index is 0.0628. The number of nitrogens with one attached hydrogen (secondary N) is 2. The number of rotatable bonds is 8. The Morgan fingerprint density at radius 3 is 2.75 bits per heavy atom. The molecule has 0 spiro atoms. The summed E-state index contributed by atoms with van der Waals surface area (Å²) < 4.78 is 11.1. The van der Waals surface area contributed by atoms with Gasteiger partial charge in [0.2, 0.25) is 11.8 Å². The number of benzene rings is 1. The third kappa shape index (κ3) is 5.45. The summed E-state index contributed by atoms with van der Waals surface area (Å²) in [7, 11) is 1.61. The summed E-state index contributed by atoms with van der Waals surface area (Å²) in [6, 6.07) is 7.37. The van der Waals surface area contributed by atoms with Gasteiger partial charge in [-0.15, -0.1) is 0 Å². The number of carbonyl (C=O) groups excluding carboxylic acids is 2. The van der Waals surface area contributed by atoms with E-state index in [9.17, 15) is 14.7 Å². The van der Waals surface area contributed by atoms with Gasteiger partial charge in [0.05, 0.1) is 32.3 Å². The SMILES string of the molecule is COc1cccc(CNC(=O)C[C@H]2CC[C@@H](NC(=O)C3CCC3)[C@@H](CO)O2)c1. The molecule has 3 rings (SSSR count). The Kier molecular flexibility index (Phi) is 7.28. The zero-order valence-corrected chi connectivity index (χ0v) is 16.4. The molecule has 2 fully saturated rings. The number of hydrogen-bond acceptors (Lipinski definition) is 5. The average Bonchev–Trinajstić information content (AvgIpc) is 2.66. The highest BCUT2D eigenvalue weighted by molar-refractivity contribution is 5.79. The minimum atomic E-state index is -0.464. The van der Waals surface area contributed by atoms with Crippen molar-refractivity contribution in [1.29, 1.82) is 0 Å². The standard InChI is InChI=1S/C21H30N2O5/c1-27-16-7-2-4-14(10-16)12-22-20(25)11-17-8-9-18(19(13-24)28-17)23-21(26)15-5-3-6-15/h2,4,7,10,15,17-19,24H,3,5-6,8-9,11-13H2,1H3,(H,22,25)(H,23,26)/t17-,18-,19-/m1/s1. The Hall–Kier alpha value is -2.12. The molecule has 7 heteroatoms. The first-order valence-corrected chi connectivity index (χ1v) is 10.1. The van der Waals surface area contributed by atoms with Crippen LogP contribution in [-0.4, -0.2) is 48.9 Å². The lowest BCUT2D eigenvalue weighted by Crippen LogP contribution is -2.53. The molecule has 154 valence electrons. The van der Waals surface area contributed by atoms with Gasteiger partial charge in [-0.3, -0.25) is 9.59 Å². The van der Waals surface area contributed by atoms with E-state index in [4.69, 9.17) is 9.47 Å². The van der Waals surface area contributed by atoms with Gasteiger partial charge in [-0.05, 0) is 43.4 Å². The van der Waals surface area contributed by atoms with E-state index in [1.807, 2.05) is 24.3 Å². The summed E-state index contributed by atoms with van der Waals surface area (Å²) in [6.45, 7) is 0.254. The van der Waals surface area contributed by atoms with Gasteiger partial charge >= 0.3 is 0 Å². The summed E-state index contributed by atoms with van der Waals surface area (Å²) in [5, 5.41) is 15.6. The molecule has 1 aromatic carbocycles. The summed E-state index contributed by atoms with van der Waals surface area (Å²) >= 11 is 0. The smallest absolute Gasteiger partial charge is 0.223 e. The molecule has 3 N–H and O–H groups in total. The van der Waals surface area contributed by atoms with Crippen LogP contribution in [0.2, 0.25) is 0 Å². The van der Waals surface area contributed by atoms with Gasteiger partial charge in [0.1, 0.15) is 11.9 Å². The molecule has 0 bridgehead atoms. The molecule has 28 heavy (non-hydrogen) atoms. The van der Waals surface area contributed by atoms with E-state index in [1.54, 1.807) is 7.11 Å². The Morgan fingerprint density at radius 2 is 2.07 bits per heavy atom. The van der Waals surface area contributed by atoms with Crippen LogP contribution in [0.25, 0.3) is 0 Å². The van der Waals surface area contributed by atoms with Gasteiger partial charge in [0.25, 0.3) is 0 Å². The van der Waals surface area contributed by atoms with Crippen LogP contribution in [-0.2, 0) is 20.9 Å². The molecule has 1 aliphatic carbocycles. The second-order valence-corrected chi connectivity index (χ2v) is 7.63. The maximum absolute atomic E-state index is 12.3. The highest BCUT2D eigenvalue weighted by atomic mass is 16.5. The highest BCUT2D eigenvalue weighted by Crippen LogP contribution is 2.28. The maximum atomic E-state index is 12.3. The highest BCUT2D eigenvalue weighted by Gasteiger charge is 2.35. The largest absolute Gasteiger partial charge is 0.497 e. The summed E-state index contributed by atoms with van der Waals surface area (Å²) in [5.74, 6) is 0.830. The molecular formula is C21H30N2O5. The van der Waals surface area contributed by atoms with Crippen molar-refractivity contribution in [3.63, 3.8) is 0 Å². The third-order valence-electron chi connectivity index (χ3n) is 5.64. The van der Waals surface area contributed by atoms with Crippen LogP contribution < -0.4 is 15.4 Å². The van der Waals surface area contributed by atoms with Gasteiger partial charge < -0.3 is 25.2 Å². The molecule has 2 amide bonds. The Labute approximate surface area is 165 Å². The molecule has 1 saturated carbocycles. The van der Waals surface area contributed by atoms with E-state index in [1.165, 1.54) is 0 Å². The first-order valence-electron chi connectivity index (χ1n) is 10.1. The number of aliphatic hydroxyl groups is 1. The van der Waals surface area contributed by atoms with Crippen molar-refractivity contribution >= 4 is 11.8 Å². The molecule has 1 heterocycles. The van der Waals surface area contributed by atoms with Crippen LogP contribution in [0, 0.1) is 5.92 Å². The quantitative estimate of drug-likeness (QED) is 0.625. The number of amides is 2. The Morgan fingerprint density at radius 1 is 1.25 bits per heavy atom. The molecule has 2 aliphatic rings. The van der Waals surface area contributed by atoms with Crippen molar-refractivity contribution in [2.24, 2.45) is 5.92 Å². The molecule has 1 aromatic rings. The van der Waals surface area contributed by atoms with Crippen molar-refractivity contribution < 1.29 is 24.2 Å². The maximum Gasteiger partial charge on any atom is 0.223 e. The van der Waals surface area contributed by atoms with E-state index in [0.29, 0.717) is 19.4 Å². The molecule has 1 saturated heterocycles. The Balaban J connectivity index is 1.43. The van der Waals surface area contributed by atoms with Crippen LogP contribution in [0.1, 0.15) is 44.1 Å². The van der Waals surface area contributed by atoms with E-state index in [2.05, 4.69) is 10.6 Å². The lowest BCUT2D eigenvalue weighted by molar-refractivity contribution is -0.138. The third-order valence-corrected chi connectivity index (χ3v) is 5.64. The van der Waals surface area contributed by atoms with Crippen LogP contribution in [0.5, 0.6) is 5.75 Å². The van der Waals surface area contributed by atoms with Crippen molar-refractivity contribution in [3.8, 4) is 5.75 Å². The van der Waals surface area contributed by atoms with Crippen molar-refractivity contribution in [3.05, 3.63) is 29.8 Å². The number of aliphatic hydroxyl groups excluding tert-OH is 1. The van der Waals surface area contributed by atoms with Crippen LogP contribution in [0.3, 0.4) is 0 Å². The second-order valence-electron chi connectivity index (χ2n) is 7.63. The fourth-order valence-corrected chi connectivity index (χ4v) is 3.68. The molecule has 3 atom stereocenters. The van der Waals surface area contributed by atoms with Gasteiger partial charge in [0.15, 0.2) is 0 Å². The van der Waals surface area contributed by atoms with Crippen molar-refractivity contribution in [1.82, 2.24) is 10.6 Å². The van der Waals surface area contributed by atoms with Crippen LogP contribution >= 0.6 is 0 Å². The first-order chi connectivity index (χ1) is 13.6. The number of methoxy groups -OCH3 is 1. The number of carbonyl (C=O) groups is 2. The summed E-state index contributed by atoms with van der Waals surface area (Å²) in [5.41, 5.74) is 0.962. The molecule has 1 aliphatic heterocycles. The molecule has 0 aromatic heterocycles. The van der Waals surface area contributed by atoms with Gasteiger partial charge in [-0.2, -0.15) is 0 Å². The number of ether oxygens (including phenoxy) is 2. The topological polar surface area (TPSA) is 96.9 Å².